The molecule has 0 N–H and O–H groups in total. The fourth-order valence-corrected chi connectivity index (χ4v) is 1.90. The van der Waals surface area contributed by atoms with Crippen molar-refractivity contribution >= 4 is 17.2 Å². The number of rotatable bonds is 2. The quantitative estimate of drug-likeness (QED) is 0.735. The second-order valence-electron chi connectivity index (χ2n) is 3.54. The van der Waals surface area contributed by atoms with Crippen LogP contribution in [0, 0.1) is 0 Å². The molecule has 1 aromatic carbocycles. The van der Waals surface area contributed by atoms with Gasteiger partial charge in [0.25, 0.3) is 0 Å². The van der Waals surface area contributed by atoms with Crippen LogP contribution in [0.3, 0.4) is 0 Å². The Bertz CT molecular complexity index is 407. The second kappa shape index (κ2) is 4.54. The van der Waals surface area contributed by atoms with E-state index in [4.69, 9.17) is 11.6 Å². The van der Waals surface area contributed by atoms with Crippen molar-refractivity contribution in [2.45, 2.75) is 6.92 Å². The first kappa shape index (κ1) is 10.3. The first-order chi connectivity index (χ1) is 7.31. The van der Waals surface area contributed by atoms with Crippen molar-refractivity contribution in [2.75, 3.05) is 13.1 Å². The molecule has 2 heteroatoms. The second-order valence-corrected chi connectivity index (χ2v) is 3.95. The van der Waals surface area contributed by atoms with Crippen molar-refractivity contribution in [2.24, 2.45) is 0 Å². The maximum absolute atomic E-state index is 6.14. The number of hydrogen-bond donors (Lipinski definition) is 0. The molecule has 0 radical (unpaired) electrons. The molecular weight excluding hydrogens is 206 g/mol. The zero-order valence-corrected chi connectivity index (χ0v) is 9.54. The third kappa shape index (κ3) is 2.24. The van der Waals surface area contributed by atoms with E-state index < -0.39 is 0 Å². The number of halogens is 1. The summed E-state index contributed by atoms with van der Waals surface area (Å²) in [6, 6.07) is 7.96. The van der Waals surface area contributed by atoms with Gasteiger partial charge in [-0.05, 0) is 30.8 Å². The first-order valence-corrected chi connectivity index (χ1v) is 5.56. The molecule has 1 aliphatic heterocycles. The van der Waals surface area contributed by atoms with Gasteiger partial charge in [0.1, 0.15) is 0 Å². The van der Waals surface area contributed by atoms with Crippen molar-refractivity contribution in [3.05, 3.63) is 53.2 Å². The number of likely N-dealkylation sites (N-methyl/N-ethyl adjacent to an activating group) is 1. The molecule has 0 aliphatic carbocycles. The maximum Gasteiger partial charge on any atom is 0.0484 e. The third-order valence-electron chi connectivity index (χ3n) is 2.60. The van der Waals surface area contributed by atoms with E-state index in [0.29, 0.717) is 0 Å². The van der Waals surface area contributed by atoms with E-state index in [1.165, 1.54) is 5.57 Å². The molecule has 0 saturated heterocycles. The van der Waals surface area contributed by atoms with Gasteiger partial charge in [0.05, 0.1) is 0 Å². The molecule has 1 nitrogen and oxygen atoms in total. The molecule has 0 fully saturated rings. The van der Waals surface area contributed by atoms with Crippen LogP contribution in [-0.2, 0) is 0 Å². The highest BCUT2D eigenvalue weighted by Gasteiger charge is 2.07. The maximum atomic E-state index is 6.14. The molecule has 0 spiro atoms. The Hall–Kier alpha value is -1.21. The average Bonchev–Trinajstić information content (AvgIpc) is 2.30. The minimum Gasteiger partial charge on any atom is -0.374 e. The van der Waals surface area contributed by atoms with Crippen LogP contribution in [-0.4, -0.2) is 18.0 Å². The fourth-order valence-electron chi connectivity index (χ4n) is 1.66. The van der Waals surface area contributed by atoms with Gasteiger partial charge in [-0.2, -0.15) is 0 Å². The van der Waals surface area contributed by atoms with Crippen molar-refractivity contribution in [1.29, 1.82) is 0 Å². The van der Waals surface area contributed by atoms with Crippen LogP contribution < -0.4 is 0 Å². The molecule has 0 unspecified atom stereocenters. The Morgan fingerprint density at radius 1 is 1.33 bits per heavy atom. The van der Waals surface area contributed by atoms with Crippen molar-refractivity contribution in [3.8, 4) is 0 Å². The molecule has 0 amide bonds. The lowest BCUT2D eigenvalue weighted by molar-refractivity contribution is 0.437. The summed E-state index contributed by atoms with van der Waals surface area (Å²) in [6.45, 7) is 4.16. The van der Waals surface area contributed by atoms with Gasteiger partial charge in [-0.25, -0.2) is 0 Å². The summed E-state index contributed by atoms with van der Waals surface area (Å²) in [5.41, 5.74) is 2.33. The standard InChI is InChI=1S/C13H14ClN/c1-2-15-9-7-11(8-10-15)12-5-3-4-6-13(12)14/h3-9H,2,10H2,1H3. The fraction of sp³-hybridized carbons (Fsp3) is 0.231. The molecule has 1 aliphatic rings. The third-order valence-corrected chi connectivity index (χ3v) is 2.93. The summed E-state index contributed by atoms with van der Waals surface area (Å²) >= 11 is 6.14. The van der Waals surface area contributed by atoms with Gasteiger partial charge in [-0.3, -0.25) is 0 Å². The van der Waals surface area contributed by atoms with Gasteiger partial charge < -0.3 is 4.90 Å². The Morgan fingerprint density at radius 2 is 2.13 bits per heavy atom. The summed E-state index contributed by atoms with van der Waals surface area (Å²) in [5.74, 6) is 0. The van der Waals surface area contributed by atoms with Crippen molar-refractivity contribution in [1.82, 2.24) is 4.90 Å². The molecule has 2 rings (SSSR count). The van der Waals surface area contributed by atoms with Crippen molar-refractivity contribution < 1.29 is 0 Å². The molecule has 1 aromatic rings. The van der Waals surface area contributed by atoms with Gasteiger partial charge in [-0.15, -0.1) is 0 Å². The summed E-state index contributed by atoms with van der Waals surface area (Å²) in [6.07, 6.45) is 6.46. The number of nitrogens with zero attached hydrogens (tertiary/aromatic N) is 1. The predicted molar refractivity (Wildman–Crippen MR) is 65.8 cm³/mol. The Morgan fingerprint density at radius 3 is 2.73 bits per heavy atom. The monoisotopic (exact) mass is 219 g/mol. The largest absolute Gasteiger partial charge is 0.374 e. The van der Waals surface area contributed by atoms with Gasteiger partial charge in [-0.1, -0.05) is 35.9 Å². The molecule has 0 bridgehead atoms. The highest BCUT2D eigenvalue weighted by molar-refractivity contribution is 6.32. The molecule has 0 saturated carbocycles. The van der Waals surface area contributed by atoms with E-state index in [9.17, 15) is 0 Å². The van der Waals surface area contributed by atoms with Crippen molar-refractivity contribution in [3.63, 3.8) is 0 Å². The van der Waals surface area contributed by atoms with Crippen LogP contribution in [0.1, 0.15) is 12.5 Å². The molecule has 15 heavy (non-hydrogen) atoms. The van der Waals surface area contributed by atoms with E-state index >= 15 is 0 Å². The zero-order valence-electron chi connectivity index (χ0n) is 8.78. The number of allylic oxidation sites excluding steroid dienone is 2. The Balaban J connectivity index is 2.24. The lowest BCUT2D eigenvalue weighted by Gasteiger charge is -2.21. The van der Waals surface area contributed by atoms with E-state index in [1.807, 2.05) is 18.2 Å². The summed E-state index contributed by atoms with van der Waals surface area (Å²) in [5, 5.41) is 0.818. The highest BCUT2D eigenvalue weighted by atomic mass is 35.5. The zero-order chi connectivity index (χ0) is 10.7. The molecule has 0 aromatic heterocycles. The predicted octanol–water partition coefficient (Wildman–Crippen LogP) is 3.57. The van der Waals surface area contributed by atoms with E-state index in [0.717, 1.165) is 23.7 Å². The van der Waals surface area contributed by atoms with Crippen LogP contribution in [0.2, 0.25) is 5.02 Å². The molecular formula is C13H14ClN. The van der Waals surface area contributed by atoms with Gasteiger partial charge >= 0.3 is 0 Å². The van der Waals surface area contributed by atoms with Crippen LogP contribution in [0.25, 0.3) is 5.57 Å². The van der Waals surface area contributed by atoms with Crippen LogP contribution in [0.4, 0.5) is 0 Å². The summed E-state index contributed by atoms with van der Waals surface area (Å²) in [7, 11) is 0. The van der Waals surface area contributed by atoms with Crippen LogP contribution in [0.15, 0.2) is 42.6 Å². The number of hydrogen-bond acceptors (Lipinski definition) is 1. The molecule has 0 atom stereocenters. The minimum absolute atomic E-state index is 0.818. The smallest absolute Gasteiger partial charge is 0.0484 e. The summed E-state index contributed by atoms with van der Waals surface area (Å²) in [4.78, 5) is 2.25. The average molecular weight is 220 g/mol. The lowest BCUT2D eigenvalue weighted by Crippen LogP contribution is -2.18. The first-order valence-electron chi connectivity index (χ1n) is 5.18. The normalized spacial score (nSPS) is 15.3. The van der Waals surface area contributed by atoms with Gasteiger partial charge in [0.2, 0.25) is 0 Å². The van der Waals surface area contributed by atoms with E-state index in [1.54, 1.807) is 0 Å². The van der Waals surface area contributed by atoms with Gasteiger partial charge in [0, 0.05) is 23.7 Å². The molecule has 78 valence electrons. The number of benzene rings is 1. The molecule has 1 heterocycles. The Kier molecular flexibility index (Phi) is 3.12. The SMILES string of the molecule is CCN1C=CC(c2ccccc2Cl)=CC1. The van der Waals surface area contributed by atoms with Gasteiger partial charge in [0.15, 0.2) is 0 Å². The van der Waals surface area contributed by atoms with E-state index in [-0.39, 0.29) is 0 Å². The highest BCUT2D eigenvalue weighted by Crippen LogP contribution is 2.26. The topological polar surface area (TPSA) is 3.24 Å². The Labute approximate surface area is 95.7 Å². The van der Waals surface area contributed by atoms with Crippen LogP contribution >= 0.6 is 11.6 Å². The summed E-state index contributed by atoms with van der Waals surface area (Å²) < 4.78 is 0. The van der Waals surface area contributed by atoms with E-state index in [2.05, 4.69) is 36.2 Å². The van der Waals surface area contributed by atoms with Crippen LogP contribution in [0.5, 0.6) is 0 Å². The minimum atomic E-state index is 0.818. The lowest BCUT2D eigenvalue weighted by atomic mass is 10.0.